The lowest BCUT2D eigenvalue weighted by Gasteiger charge is -2.10. The normalized spacial score (nSPS) is 11.0. The Hall–Kier alpha value is -2.69. The molecule has 0 bridgehead atoms. The van der Waals surface area contributed by atoms with Gasteiger partial charge in [0.2, 0.25) is 0 Å². The fraction of sp³-hybridized carbons (Fsp3) is 0.182. The number of nitrogen functional groups attached to an aromatic ring is 1. The average Bonchev–Trinajstić information content (AvgIpc) is 2.82. The fourth-order valence-corrected chi connectivity index (χ4v) is 2.10. The topological polar surface area (TPSA) is 147 Å². The van der Waals surface area contributed by atoms with Crippen molar-refractivity contribution >= 4 is 33.8 Å². The Morgan fingerprint density at radius 2 is 2.27 bits per heavy atom. The van der Waals surface area contributed by atoms with Crippen LogP contribution in [0, 0.1) is 10.1 Å². The second kappa shape index (κ2) is 6.39. The number of nitrogens with zero attached hydrogens (tertiary/aromatic N) is 5. The van der Waals surface area contributed by atoms with E-state index in [0.717, 1.165) is 12.3 Å². The summed E-state index contributed by atoms with van der Waals surface area (Å²) in [7, 11) is 0. The molecule has 1 aromatic carbocycles. The number of nitro groups is 1. The molecule has 0 amide bonds. The summed E-state index contributed by atoms with van der Waals surface area (Å²) in [5.41, 5.74) is 2.03. The van der Waals surface area contributed by atoms with Crippen molar-refractivity contribution in [2.45, 2.75) is 13.3 Å². The van der Waals surface area contributed by atoms with Gasteiger partial charge in [-0.25, -0.2) is 10.1 Å². The predicted octanol–water partition coefficient (Wildman–Crippen LogP) is 0.745. The Balaban J connectivity index is 2.23. The summed E-state index contributed by atoms with van der Waals surface area (Å²) in [4.78, 5) is 10.0. The zero-order valence-corrected chi connectivity index (χ0v) is 12.9. The number of hydrazone groups is 1. The first-order valence-corrected chi connectivity index (χ1v) is 6.86. The van der Waals surface area contributed by atoms with Gasteiger partial charge in [0.25, 0.3) is 11.6 Å². The summed E-state index contributed by atoms with van der Waals surface area (Å²) in [6, 6.07) is 2.56. The zero-order chi connectivity index (χ0) is 16.3. The van der Waals surface area contributed by atoms with Crippen LogP contribution in [0.15, 0.2) is 21.7 Å². The molecule has 11 heteroatoms. The summed E-state index contributed by atoms with van der Waals surface area (Å²) in [5.74, 6) is 5.71. The highest BCUT2D eigenvalue weighted by atomic mass is 79.9. The number of hydrogen-bond donors (Lipinski definition) is 2. The molecule has 0 aliphatic heterocycles. The Bertz CT molecular complexity index is 744. The lowest BCUT2D eigenvalue weighted by molar-refractivity contribution is -0.398. The molecular formula is C11H11BrN7O3-. The smallest absolute Gasteiger partial charge is 0.263 e. The van der Waals surface area contributed by atoms with Crippen molar-refractivity contribution in [2.75, 3.05) is 11.3 Å². The largest absolute Gasteiger partial charge is 0.867 e. The lowest BCUT2D eigenvalue weighted by Crippen LogP contribution is -2.15. The zero-order valence-electron chi connectivity index (χ0n) is 11.4. The first kappa shape index (κ1) is 15.7. The number of nitrogens with one attached hydrogen (secondary N) is 1. The van der Waals surface area contributed by atoms with Gasteiger partial charge in [-0.15, -0.1) is 10.2 Å². The van der Waals surface area contributed by atoms with Crippen molar-refractivity contribution in [3.63, 3.8) is 0 Å². The molecule has 0 saturated heterocycles. The van der Waals surface area contributed by atoms with Gasteiger partial charge in [-0.05, 0) is 17.4 Å². The third-order valence-corrected chi connectivity index (χ3v) is 3.17. The number of aryl methyl sites for hydroxylation is 1. The second-order valence-electron chi connectivity index (χ2n) is 4.13. The molecule has 0 spiro atoms. The van der Waals surface area contributed by atoms with Crippen LogP contribution >= 0.6 is 15.9 Å². The summed E-state index contributed by atoms with van der Waals surface area (Å²) >= 11 is 3.10. The maximum absolute atomic E-state index is 11.9. The van der Waals surface area contributed by atoms with Crippen LogP contribution in [-0.2, 0) is 6.42 Å². The van der Waals surface area contributed by atoms with Crippen LogP contribution in [0.4, 0.5) is 11.6 Å². The van der Waals surface area contributed by atoms with Gasteiger partial charge >= 0.3 is 0 Å². The molecule has 116 valence electrons. The third-order valence-electron chi connectivity index (χ3n) is 2.71. The Morgan fingerprint density at radius 1 is 1.55 bits per heavy atom. The molecule has 0 unspecified atom stereocenters. The van der Waals surface area contributed by atoms with E-state index in [1.54, 1.807) is 0 Å². The molecule has 10 nitrogen and oxygen atoms in total. The van der Waals surface area contributed by atoms with E-state index in [1.807, 2.05) is 6.92 Å². The molecule has 0 saturated carbocycles. The molecular weight excluding hydrogens is 358 g/mol. The first-order valence-electron chi connectivity index (χ1n) is 6.07. The van der Waals surface area contributed by atoms with Gasteiger partial charge in [0.15, 0.2) is 5.82 Å². The maximum Gasteiger partial charge on any atom is 0.263 e. The fourth-order valence-electron chi connectivity index (χ4n) is 1.63. The minimum Gasteiger partial charge on any atom is -0.867 e. The van der Waals surface area contributed by atoms with Gasteiger partial charge in [0.1, 0.15) is 0 Å². The molecule has 0 atom stereocenters. The average molecular weight is 369 g/mol. The summed E-state index contributed by atoms with van der Waals surface area (Å²) in [5, 5.41) is 34.1. The highest BCUT2D eigenvalue weighted by Gasteiger charge is 2.11. The lowest BCUT2D eigenvalue weighted by atomic mass is 10.2. The molecule has 1 heterocycles. The standard InChI is InChI=1S/C11H12BrN7O3/c1-2-9-15-17-11(18(9)13)16-14-5-6-3-7(12)4-8(10(6)20)19(21)22/h3-5,20H,2,13H2,1H3,(H,16,17)/p-1/b14-5-. The molecule has 1 aromatic heterocycles. The molecule has 2 aromatic rings. The summed E-state index contributed by atoms with van der Waals surface area (Å²) in [6.07, 6.45) is 1.75. The van der Waals surface area contributed by atoms with Gasteiger partial charge in [0, 0.05) is 17.0 Å². The third kappa shape index (κ3) is 3.14. The van der Waals surface area contributed by atoms with E-state index in [0.29, 0.717) is 16.7 Å². The van der Waals surface area contributed by atoms with E-state index in [2.05, 4.69) is 36.7 Å². The van der Waals surface area contributed by atoms with Crippen LogP contribution in [0.5, 0.6) is 5.75 Å². The van der Waals surface area contributed by atoms with E-state index in [9.17, 15) is 15.2 Å². The van der Waals surface area contributed by atoms with E-state index in [-0.39, 0.29) is 11.5 Å². The van der Waals surface area contributed by atoms with E-state index in [4.69, 9.17) is 5.84 Å². The molecule has 0 fully saturated rings. The highest BCUT2D eigenvalue weighted by Crippen LogP contribution is 2.30. The minimum atomic E-state index is -0.748. The molecule has 0 aliphatic rings. The highest BCUT2D eigenvalue weighted by molar-refractivity contribution is 9.10. The van der Waals surface area contributed by atoms with Crippen molar-refractivity contribution in [1.29, 1.82) is 0 Å². The van der Waals surface area contributed by atoms with Crippen molar-refractivity contribution in [3.8, 4) is 5.75 Å². The SMILES string of the molecule is CCc1nnc(N/N=C\c2cc(Br)cc([N+](=O)[O-])c2[O-])n1N. The van der Waals surface area contributed by atoms with Crippen LogP contribution in [0.1, 0.15) is 18.3 Å². The second-order valence-corrected chi connectivity index (χ2v) is 5.05. The van der Waals surface area contributed by atoms with Crippen LogP contribution < -0.4 is 16.4 Å². The Labute approximate surface area is 132 Å². The van der Waals surface area contributed by atoms with Gasteiger partial charge in [-0.2, -0.15) is 5.10 Å². The van der Waals surface area contributed by atoms with Gasteiger partial charge < -0.3 is 10.9 Å². The first-order chi connectivity index (χ1) is 10.4. The van der Waals surface area contributed by atoms with Crippen LogP contribution in [0.25, 0.3) is 0 Å². The number of nitrogens with two attached hydrogens (primary N) is 1. The number of nitro benzene ring substituents is 1. The van der Waals surface area contributed by atoms with Crippen molar-refractivity contribution in [2.24, 2.45) is 5.10 Å². The molecule has 0 aliphatic carbocycles. The molecule has 0 radical (unpaired) electrons. The van der Waals surface area contributed by atoms with Crippen molar-refractivity contribution in [1.82, 2.24) is 14.9 Å². The van der Waals surface area contributed by atoms with Gasteiger partial charge in [-0.3, -0.25) is 10.1 Å². The minimum absolute atomic E-state index is 0.0485. The van der Waals surface area contributed by atoms with Crippen LogP contribution in [0.3, 0.4) is 0 Å². The number of benzene rings is 1. The Morgan fingerprint density at radius 3 is 2.86 bits per heavy atom. The van der Waals surface area contributed by atoms with E-state index in [1.165, 1.54) is 10.7 Å². The summed E-state index contributed by atoms with van der Waals surface area (Å²) in [6.45, 7) is 1.87. The van der Waals surface area contributed by atoms with Crippen molar-refractivity contribution < 1.29 is 10.0 Å². The Kier molecular flexibility index (Phi) is 4.56. The van der Waals surface area contributed by atoms with Crippen LogP contribution in [0.2, 0.25) is 0 Å². The van der Waals surface area contributed by atoms with E-state index >= 15 is 0 Å². The molecule has 2 rings (SSSR count). The predicted molar refractivity (Wildman–Crippen MR) is 81.0 cm³/mol. The number of anilines is 1. The quantitative estimate of drug-likeness (QED) is 0.342. The maximum atomic E-state index is 11.9. The number of aromatic nitrogens is 3. The molecule has 22 heavy (non-hydrogen) atoms. The van der Waals surface area contributed by atoms with Gasteiger partial charge in [0.05, 0.1) is 11.1 Å². The van der Waals surface area contributed by atoms with Gasteiger partial charge in [-0.1, -0.05) is 22.9 Å². The number of halogens is 1. The van der Waals surface area contributed by atoms with Crippen LogP contribution in [-0.4, -0.2) is 26.0 Å². The number of rotatable bonds is 5. The molecule has 3 N–H and O–H groups in total. The number of hydrogen-bond acceptors (Lipinski definition) is 8. The summed E-state index contributed by atoms with van der Waals surface area (Å²) < 4.78 is 1.62. The monoisotopic (exact) mass is 368 g/mol. The van der Waals surface area contributed by atoms with E-state index < -0.39 is 16.4 Å². The van der Waals surface area contributed by atoms with Crippen molar-refractivity contribution in [3.05, 3.63) is 38.1 Å².